The summed E-state index contributed by atoms with van der Waals surface area (Å²) in [4.78, 5) is 26.4. The first kappa shape index (κ1) is 17.1. The molecule has 1 heterocycles. The summed E-state index contributed by atoms with van der Waals surface area (Å²) in [5.41, 5.74) is 0.723. The molecule has 0 unspecified atom stereocenters. The normalized spacial score (nSPS) is 10.7. The lowest BCUT2D eigenvalue weighted by molar-refractivity contribution is -0.384. The van der Waals surface area contributed by atoms with Gasteiger partial charge in [0, 0.05) is 18.7 Å². The van der Waals surface area contributed by atoms with Crippen molar-refractivity contribution in [3.05, 3.63) is 28.3 Å². The molecule has 0 aliphatic rings. The van der Waals surface area contributed by atoms with Crippen molar-refractivity contribution in [2.24, 2.45) is 0 Å². The number of aromatic nitrogens is 1. The highest BCUT2D eigenvalue weighted by Crippen LogP contribution is 2.28. The molecule has 8 heteroatoms. The van der Waals surface area contributed by atoms with Gasteiger partial charge in [0.25, 0.3) is 5.69 Å². The molecule has 0 aliphatic heterocycles. The highest BCUT2D eigenvalue weighted by Gasteiger charge is 2.10. The lowest BCUT2D eigenvalue weighted by atomic mass is 10.2. The van der Waals surface area contributed by atoms with Crippen LogP contribution in [0.5, 0.6) is 0 Å². The van der Waals surface area contributed by atoms with Crippen LogP contribution in [-0.4, -0.2) is 28.9 Å². The number of nitro groups is 1. The average molecular weight is 336 g/mol. The van der Waals surface area contributed by atoms with E-state index in [-0.39, 0.29) is 18.1 Å². The number of carbonyl (C=O) groups excluding carboxylic acids is 1. The molecule has 0 saturated carbocycles. The van der Waals surface area contributed by atoms with Crippen LogP contribution < -0.4 is 10.6 Å². The standard InChI is InChI=1S/C15H20N4O3S/c1-2-3-4-5-8-16-14(20)10-17-15-18-12-7-6-11(19(21)22)9-13(12)23-15/h6-7,9H,2-5,8,10H2,1H3,(H,16,20)(H,17,18). The summed E-state index contributed by atoms with van der Waals surface area (Å²) in [7, 11) is 0. The fraction of sp³-hybridized carbons (Fsp3) is 0.467. The van der Waals surface area contributed by atoms with E-state index in [0.29, 0.717) is 17.2 Å². The van der Waals surface area contributed by atoms with E-state index in [2.05, 4.69) is 22.5 Å². The molecule has 124 valence electrons. The molecule has 0 spiro atoms. The molecule has 0 radical (unpaired) electrons. The number of unbranched alkanes of at least 4 members (excludes halogenated alkanes) is 3. The molecule has 23 heavy (non-hydrogen) atoms. The average Bonchev–Trinajstić information content (AvgIpc) is 2.94. The Labute approximate surface area is 138 Å². The number of anilines is 1. The van der Waals surface area contributed by atoms with E-state index in [1.165, 1.54) is 36.3 Å². The molecular weight excluding hydrogens is 316 g/mol. The van der Waals surface area contributed by atoms with E-state index in [1.807, 2.05) is 0 Å². The molecule has 0 bridgehead atoms. The minimum absolute atomic E-state index is 0.0394. The monoisotopic (exact) mass is 336 g/mol. The van der Waals surface area contributed by atoms with Crippen molar-refractivity contribution in [3.8, 4) is 0 Å². The number of carbonyl (C=O) groups is 1. The van der Waals surface area contributed by atoms with Crippen LogP contribution in [0, 0.1) is 10.1 Å². The van der Waals surface area contributed by atoms with Crippen molar-refractivity contribution in [1.82, 2.24) is 10.3 Å². The summed E-state index contributed by atoms with van der Waals surface area (Å²) in [6.45, 7) is 2.98. The summed E-state index contributed by atoms with van der Waals surface area (Å²) in [5, 5.41) is 17.2. The number of thiazole rings is 1. The van der Waals surface area contributed by atoms with Crippen molar-refractivity contribution < 1.29 is 9.72 Å². The van der Waals surface area contributed by atoms with E-state index in [4.69, 9.17) is 0 Å². The predicted molar refractivity (Wildman–Crippen MR) is 91.9 cm³/mol. The number of amides is 1. The van der Waals surface area contributed by atoms with Gasteiger partial charge in [-0.3, -0.25) is 14.9 Å². The van der Waals surface area contributed by atoms with Crippen LogP contribution in [0.25, 0.3) is 10.2 Å². The fourth-order valence-electron chi connectivity index (χ4n) is 2.10. The predicted octanol–water partition coefficient (Wildman–Crippen LogP) is 3.31. The number of nitrogens with zero attached hydrogens (tertiary/aromatic N) is 2. The summed E-state index contributed by atoms with van der Waals surface area (Å²) in [5.74, 6) is -0.0771. The summed E-state index contributed by atoms with van der Waals surface area (Å²) in [6, 6.07) is 4.53. The van der Waals surface area contributed by atoms with Crippen LogP contribution in [0.1, 0.15) is 32.6 Å². The van der Waals surface area contributed by atoms with Gasteiger partial charge in [0.1, 0.15) is 0 Å². The van der Waals surface area contributed by atoms with E-state index < -0.39 is 4.92 Å². The molecule has 7 nitrogen and oxygen atoms in total. The van der Waals surface area contributed by atoms with E-state index in [0.717, 1.165) is 17.5 Å². The van der Waals surface area contributed by atoms with Crippen LogP contribution in [0.15, 0.2) is 18.2 Å². The molecule has 0 aliphatic carbocycles. The second kappa shape index (κ2) is 8.42. The van der Waals surface area contributed by atoms with Crippen molar-refractivity contribution >= 4 is 38.3 Å². The molecule has 0 atom stereocenters. The second-order valence-corrected chi connectivity index (χ2v) is 6.22. The Hall–Kier alpha value is -2.22. The van der Waals surface area contributed by atoms with Crippen LogP contribution in [0.2, 0.25) is 0 Å². The third kappa shape index (κ3) is 5.17. The van der Waals surface area contributed by atoms with Gasteiger partial charge in [0.15, 0.2) is 5.13 Å². The number of nitrogens with one attached hydrogen (secondary N) is 2. The Morgan fingerprint density at radius 2 is 2.17 bits per heavy atom. The Morgan fingerprint density at radius 1 is 1.35 bits per heavy atom. The SMILES string of the molecule is CCCCCCNC(=O)CNc1nc2ccc([N+](=O)[O-])cc2s1. The molecule has 2 rings (SSSR count). The van der Waals surface area contributed by atoms with Crippen LogP contribution in [-0.2, 0) is 4.79 Å². The number of non-ortho nitro benzene ring substituents is 1. The van der Waals surface area contributed by atoms with E-state index in [1.54, 1.807) is 6.07 Å². The quantitative estimate of drug-likeness (QED) is 0.416. The topological polar surface area (TPSA) is 97.2 Å². The van der Waals surface area contributed by atoms with Crippen LogP contribution in [0.3, 0.4) is 0 Å². The molecule has 0 saturated heterocycles. The van der Waals surface area contributed by atoms with Crippen LogP contribution >= 0.6 is 11.3 Å². The molecule has 1 aromatic carbocycles. The maximum absolute atomic E-state index is 11.7. The minimum Gasteiger partial charge on any atom is -0.355 e. The van der Waals surface area contributed by atoms with Gasteiger partial charge in [0.2, 0.25) is 5.91 Å². The maximum atomic E-state index is 11.7. The molecule has 2 aromatic rings. The lowest BCUT2D eigenvalue weighted by Crippen LogP contribution is -2.30. The highest BCUT2D eigenvalue weighted by molar-refractivity contribution is 7.22. The molecule has 1 amide bonds. The molecule has 2 N–H and O–H groups in total. The van der Waals surface area contributed by atoms with Crippen molar-refractivity contribution in [3.63, 3.8) is 0 Å². The number of hydrogen-bond donors (Lipinski definition) is 2. The van der Waals surface area contributed by atoms with E-state index >= 15 is 0 Å². The first-order valence-corrected chi connectivity index (χ1v) is 8.47. The van der Waals surface area contributed by atoms with Gasteiger partial charge in [-0.25, -0.2) is 4.98 Å². The Bertz CT molecular complexity index is 686. The minimum atomic E-state index is -0.432. The van der Waals surface area contributed by atoms with Gasteiger partial charge < -0.3 is 10.6 Å². The zero-order chi connectivity index (χ0) is 16.7. The van der Waals surface area contributed by atoms with Crippen molar-refractivity contribution in [2.45, 2.75) is 32.6 Å². The lowest BCUT2D eigenvalue weighted by Gasteiger charge is -2.05. The number of fused-ring (bicyclic) bond motifs is 1. The first-order valence-electron chi connectivity index (χ1n) is 7.65. The summed E-state index contributed by atoms with van der Waals surface area (Å²) >= 11 is 1.30. The fourth-order valence-corrected chi connectivity index (χ4v) is 3.00. The first-order chi connectivity index (χ1) is 11.1. The Morgan fingerprint density at radius 3 is 2.91 bits per heavy atom. The number of rotatable bonds is 9. The van der Waals surface area contributed by atoms with Gasteiger partial charge in [-0.15, -0.1) is 0 Å². The molecule has 1 aromatic heterocycles. The van der Waals surface area contributed by atoms with E-state index in [9.17, 15) is 14.9 Å². The zero-order valence-corrected chi connectivity index (χ0v) is 13.8. The number of benzene rings is 1. The number of nitro benzene ring substituents is 1. The van der Waals surface area contributed by atoms with Gasteiger partial charge in [0.05, 0.1) is 21.7 Å². The Balaban J connectivity index is 1.82. The number of hydrogen-bond acceptors (Lipinski definition) is 6. The van der Waals surface area contributed by atoms with Crippen molar-refractivity contribution in [1.29, 1.82) is 0 Å². The summed E-state index contributed by atoms with van der Waals surface area (Å²) < 4.78 is 0.724. The Kier molecular flexibility index (Phi) is 6.28. The van der Waals surface area contributed by atoms with Gasteiger partial charge in [-0.05, 0) is 12.5 Å². The van der Waals surface area contributed by atoms with Gasteiger partial charge in [-0.2, -0.15) is 0 Å². The van der Waals surface area contributed by atoms with Crippen LogP contribution in [0.4, 0.5) is 10.8 Å². The highest BCUT2D eigenvalue weighted by atomic mass is 32.1. The molecular formula is C15H20N4O3S. The maximum Gasteiger partial charge on any atom is 0.270 e. The molecule has 0 fully saturated rings. The third-order valence-corrected chi connectivity index (χ3v) is 4.31. The largest absolute Gasteiger partial charge is 0.355 e. The summed E-state index contributed by atoms with van der Waals surface area (Å²) in [6.07, 6.45) is 4.47. The smallest absolute Gasteiger partial charge is 0.270 e. The van der Waals surface area contributed by atoms with Gasteiger partial charge >= 0.3 is 0 Å². The van der Waals surface area contributed by atoms with Crippen molar-refractivity contribution in [2.75, 3.05) is 18.4 Å². The zero-order valence-electron chi connectivity index (χ0n) is 13.0. The third-order valence-electron chi connectivity index (χ3n) is 3.34. The van der Waals surface area contributed by atoms with Gasteiger partial charge in [-0.1, -0.05) is 37.5 Å². The second-order valence-electron chi connectivity index (χ2n) is 5.19.